The Labute approximate surface area is 156 Å². The number of benzene rings is 3. The molecule has 0 aliphatic carbocycles. The Morgan fingerprint density at radius 1 is 0.962 bits per heavy atom. The van der Waals surface area contributed by atoms with E-state index < -0.39 is 0 Å². The van der Waals surface area contributed by atoms with Crippen molar-refractivity contribution >= 4 is 28.3 Å². The van der Waals surface area contributed by atoms with E-state index in [2.05, 4.69) is 70.0 Å². The monoisotopic (exact) mass is 360 g/mol. The average molecular weight is 361 g/mol. The lowest BCUT2D eigenvalue weighted by molar-refractivity contribution is 0.433. The second-order valence-corrected chi connectivity index (χ2v) is 7.03. The summed E-state index contributed by atoms with van der Waals surface area (Å²) in [7, 11) is 0. The number of anilines is 1. The van der Waals surface area contributed by atoms with Crippen LogP contribution in [-0.4, -0.2) is 14.8 Å². The maximum Gasteiger partial charge on any atom is 0.222 e. The summed E-state index contributed by atoms with van der Waals surface area (Å²) in [5.74, 6) is 0.800. The van der Waals surface area contributed by atoms with E-state index in [1.165, 1.54) is 21.9 Å². The Bertz CT molecular complexity index is 1070. The van der Waals surface area contributed by atoms with Crippen molar-refractivity contribution < 1.29 is 0 Å². The van der Waals surface area contributed by atoms with E-state index in [1.54, 1.807) is 6.33 Å². The zero-order valence-corrected chi connectivity index (χ0v) is 14.8. The van der Waals surface area contributed by atoms with Gasteiger partial charge in [0.15, 0.2) is 0 Å². The van der Waals surface area contributed by atoms with E-state index >= 15 is 0 Å². The van der Waals surface area contributed by atoms with Gasteiger partial charge in [-0.25, -0.2) is 4.68 Å². The number of nitrogens with zero attached hydrogens (tertiary/aromatic N) is 3. The van der Waals surface area contributed by atoms with E-state index in [0.717, 1.165) is 17.4 Å². The number of aromatic nitrogens is 3. The normalized spacial score (nSPS) is 19.1. The maximum atomic E-state index is 6.06. The first kappa shape index (κ1) is 15.4. The van der Waals surface area contributed by atoms with Crippen molar-refractivity contribution in [2.75, 3.05) is 5.32 Å². The highest BCUT2D eigenvalue weighted by molar-refractivity contribution is 6.30. The molecule has 1 aliphatic rings. The van der Waals surface area contributed by atoms with E-state index in [4.69, 9.17) is 11.6 Å². The van der Waals surface area contributed by atoms with Crippen LogP contribution in [0.25, 0.3) is 10.8 Å². The SMILES string of the molecule is Clc1ccc(C2CC(c3cccc4ccccc34)n3ncnc3N2)cc1. The van der Waals surface area contributed by atoms with Gasteiger partial charge in [0, 0.05) is 5.02 Å². The van der Waals surface area contributed by atoms with Gasteiger partial charge < -0.3 is 5.32 Å². The molecule has 5 rings (SSSR count). The van der Waals surface area contributed by atoms with Gasteiger partial charge in [-0.2, -0.15) is 10.1 Å². The molecule has 4 nitrogen and oxygen atoms in total. The maximum absolute atomic E-state index is 6.06. The van der Waals surface area contributed by atoms with Gasteiger partial charge in [-0.15, -0.1) is 0 Å². The fraction of sp³-hybridized carbons (Fsp3) is 0.143. The van der Waals surface area contributed by atoms with Crippen molar-refractivity contribution in [3.05, 3.63) is 89.2 Å². The predicted molar refractivity (Wildman–Crippen MR) is 105 cm³/mol. The number of nitrogens with one attached hydrogen (secondary N) is 1. The fourth-order valence-corrected chi connectivity index (χ4v) is 3.96. The summed E-state index contributed by atoms with van der Waals surface area (Å²) in [6.45, 7) is 0. The van der Waals surface area contributed by atoms with Crippen molar-refractivity contribution in [2.45, 2.75) is 18.5 Å². The molecule has 0 radical (unpaired) electrons. The summed E-state index contributed by atoms with van der Waals surface area (Å²) < 4.78 is 1.99. The number of hydrogen-bond acceptors (Lipinski definition) is 3. The number of fused-ring (bicyclic) bond motifs is 2. The van der Waals surface area contributed by atoms with E-state index in [1.807, 2.05) is 16.8 Å². The molecule has 26 heavy (non-hydrogen) atoms. The van der Waals surface area contributed by atoms with Crippen LogP contribution in [0.2, 0.25) is 5.02 Å². The van der Waals surface area contributed by atoms with Gasteiger partial charge in [-0.05, 0) is 40.5 Å². The molecular formula is C21H17ClN4. The van der Waals surface area contributed by atoms with Crippen molar-refractivity contribution in [3.63, 3.8) is 0 Å². The molecule has 4 aromatic rings. The Morgan fingerprint density at radius 3 is 2.65 bits per heavy atom. The quantitative estimate of drug-likeness (QED) is 0.532. The van der Waals surface area contributed by atoms with Crippen LogP contribution >= 0.6 is 11.6 Å². The van der Waals surface area contributed by atoms with E-state index in [9.17, 15) is 0 Å². The van der Waals surface area contributed by atoms with Crippen molar-refractivity contribution in [2.24, 2.45) is 0 Å². The highest BCUT2D eigenvalue weighted by Crippen LogP contribution is 2.39. The lowest BCUT2D eigenvalue weighted by Gasteiger charge is -2.32. The molecule has 5 heteroatoms. The van der Waals surface area contributed by atoms with Crippen LogP contribution in [0, 0.1) is 0 Å². The van der Waals surface area contributed by atoms with E-state index in [-0.39, 0.29) is 12.1 Å². The molecule has 1 aromatic heterocycles. The van der Waals surface area contributed by atoms with Gasteiger partial charge >= 0.3 is 0 Å². The summed E-state index contributed by atoms with van der Waals surface area (Å²) in [5, 5.41) is 11.2. The molecule has 0 saturated heterocycles. The molecule has 3 aromatic carbocycles. The van der Waals surface area contributed by atoms with Gasteiger partial charge in [0.2, 0.25) is 5.95 Å². The second kappa shape index (κ2) is 6.15. The van der Waals surface area contributed by atoms with Crippen LogP contribution in [0.5, 0.6) is 0 Å². The minimum Gasteiger partial charge on any atom is -0.348 e. The summed E-state index contributed by atoms with van der Waals surface area (Å²) in [4.78, 5) is 4.42. The van der Waals surface area contributed by atoms with Crippen molar-refractivity contribution in [1.29, 1.82) is 0 Å². The third kappa shape index (κ3) is 2.54. The number of rotatable bonds is 2. The molecule has 0 fully saturated rings. The molecule has 1 N–H and O–H groups in total. The summed E-state index contributed by atoms with van der Waals surface area (Å²) in [6, 6.07) is 23.3. The minimum atomic E-state index is 0.125. The van der Waals surface area contributed by atoms with Gasteiger partial charge in [0.05, 0.1) is 12.1 Å². The lowest BCUT2D eigenvalue weighted by Crippen LogP contribution is -2.28. The zero-order chi connectivity index (χ0) is 17.5. The zero-order valence-electron chi connectivity index (χ0n) is 14.0. The molecular weight excluding hydrogens is 344 g/mol. The van der Waals surface area contributed by atoms with Crippen molar-refractivity contribution in [3.8, 4) is 0 Å². The molecule has 0 spiro atoms. The summed E-state index contributed by atoms with van der Waals surface area (Å²) >= 11 is 6.06. The first-order chi connectivity index (χ1) is 12.8. The summed E-state index contributed by atoms with van der Waals surface area (Å²) in [5.41, 5.74) is 2.48. The minimum absolute atomic E-state index is 0.125. The van der Waals surface area contributed by atoms with Gasteiger partial charge in [-0.1, -0.05) is 66.2 Å². The Hall–Kier alpha value is -2.85. The highest BCUT2D eigenvalue weighted by atomic mass is 35.5. The first-order valence-corrected chi connectivity index (χ1v) is 9.06. The topological polar surface area (TPSA) is 42.7 Å². The lowest BCUT2D eigenvalue weighted by atomic mass is 9.90. The molecule has 0 saturated carbocycles. The third-order valence-electron chi connectivity index (χ3n) is 5.09. The van der Waals surface area contributed by atoms with Crippen LogP contribution in [0.1, 0.15) is 29.6 Å². The van der Waals surface area contributed by atoms with Crippen LogP contribution in [-0.2, 0) is 0 Å². The van der Waals surface area contributed by atoms with Crippen molar-refractivity contribution in [1.82, 2.24) is 14.8 Å². The van der Waals surface area contributed by atoms with Crippen LogP contribution in [0.4, 0.5) is 5.95 Å². The third-order valence-corrected chi connectivity index (χ3v) is 5.34. The first-order valence-electron chi connectivity index (χ1n) is 8.69. The van der Waals surface area contributed by atoms with Gasteiger partial charge in [0.25, 0.3) is 0 Å². The Balaban J connectivity index is 1.62. The summed E-state index contributed by atoms with van der Waals surface area (Å²) in [6.07, 6.45) is 2.51. The Kier molecular flexibility index (Phi) is 3.64. The molecule has 2 atom stereocenters. The highest BCUT2D eigenvalue weighted by Gasteiger charge is 2.30. The second-order valence-electron chi connectivity index (χ2n) is 6.60. The molecule has 2 heterocycles. The average Bonchev–Trinajstić information content (AvgIpc) is 3.16. The van der Waals surface area contributed by atoms with Crippen LogP contribution in [0.15, 0.2) is 73.1 Å². The molecule has 0 amide bonds. The Morgan fingerprint density at radius 2 is 1.77 bits per heavy atom. The van der Waals surface area contributed by atoms with Crippen LogP contribution < -0.4 is 5.32 Å². The predicted octanol–water partition coefficient (Wildman–Crippen LogP) is 5.23. The number of halogens is 1. The van der Waals surface area contributed by atoms with Gasteiger partial charge in [-0.3, -0.25) is 0 Å². The van der Waals surface area contributed by atoms with Crippen LogP contribution in [0.3, 0.4) is 0 Å². The smallest absolute Gasteiger partial charge is 0.222 e. The molecule has 128 valence electrons. The van der Waals surface area contributed by atoms with E-state index in [0.29, 0.717) is 0 Å². The molecule has 0 bridgehead atoms. The number of hydrogen-bond donors (Lipinski definition) is 1. The largest absolute Gasteiger partial charge is 0.348 e. The molecule has 1 aliphatic heterocycles. The van der Waals surface area contributed by atoms with Gasteiger partial charge in [0.1, 0.15) is 6.33 Å². The molecule has 2 unspecified atom stereocenters. The fourth-order valence-electron chi connectivity index (χ4n) is 3.83. The standard InChI is InChI=1S/C21H17ClN4/c22-16-10-8-15(9-11-16)19-12-20(26-21(25-19)23-13-24-26)18-7-3-5-14-4-1-2-6-17(14)18/h1-11,13,19-20H,12H2,(H,23,24,25).